The fourth-order valence-corrected chi connectivity index (χ4v) is 1.95. The van der Waals surface area contributed by atoms with Gasteiger partial charge in [-0.05, 0) is 50.0 Å². The third kappa shape index (κ3) is 3.19. The van der Waals surface area contributed by atoms with Gasteiger partial charge in [0.15, 0.2) is 0 Å². The summed E-state index contributed by atoms with van der Waals surface area (Å²) in [6.45, 7) is -7.27. The van der Waals surface area contributed by atoms with Gasteiger partial charge in [-0.15, -0.1) is 0 Å². The minimum Gasteiger partial charge on any atom is -0.447 e. The van der Waals surface area contributed by atoms with Crippen LogP contribution in [0.2, 0.25) is 0 Å². The normalized spacial score (nSPS) is 32.6. The molecule has 0 aliphatic carbocycles. The van der Waals surface area contributed by atoms with Crippen LogP contribution in [0.15, 0.2) is 24.3 Å². The number of alkyl carbamates (subject to hydrolysis) is 1. The highest BCUT2D eigenvalue weighted by Crippen LogP contribution is 2.21. The number of hydrogen-bond donors (Lipinski definition) is 2. The zero-order valence-corrected chi connectivity index (χ0v) is 10.9. The summed E-state index contributed by atoms with van der Waals surface area (Å²) in [5.41, 5.74) is -0.904. The molecule has 1 amide bonds. The van der Waals surface area contributed by atoms with Crippen LogP contribution < -0.4 is 5.32 Å². The molecular formula is C16H21N3O2. The van der Waals surface area contributed by atoms with Gasteiger partial charge in [-0.25, -0.2) is 4.79 Å². The van der Waals surface area contributed by atoms with E-state index in [9.17, 15) is 4.79 Å². The number of cyclic esters (lactones) is 1. The van der Waals surface area contributed by atoms with Gasteiger partial charge in [-0.1, -0.05) is 6.04 Å². The Hall–Kier alpha value is -2.01. The first kappa shape index (κ1) is 5.32. The summed E-state index contributed by atoms with van der Waals surface area (Å²) in [6, 6.07) is -4.38. The molecule has 1 fully saturated rings. The first-order chi connectivity index (χ1) is 15.3. The largest absolute Gasteiger partial charge is 0.447 e. The fourth-order valence-electron chi connectivity index (χ4n) is 1.95. The molecule has 2 heterocycles. The van der Waals surface area contributed by atoms with Crippen molar-refractivity contribution in [3.63, 3.8) is 0 Å². The van der Waals surface area contributed by atoms with Crippen LogP contribution >= 0.6 is 0 Å². The maximum atomic E-state index is 11.5. The highest BCUT2D eigenvalue weighted by molar-refractivity contribution is 5.84. The van der Waals surface area contributed by atoms with Crippen molar-refractivity contribution in [3.05, 3.63) is 35.4 Å². The Balaban J connectivity index is 2.18. The maximum Gasteiger partial charge on any atom is 0.407 e. The highest BCUT2D eigenvalue weighted by atomic mass is 16.6. The van der Waals surface area contributed by atoms with Crippen molar-refractivity contribution < 1.29 is 27.4 Å². The summed E-state index contributed by atoms with van der Waals surface area (Å²) < 4.78 is 108. The van der Waals surface area contributed by atoms with Crippen LogP contribution in [0.4, 0.5) is 4.79 Å². The molecule has 0 radical (unpaired) electrons. The van der Waals surface area contributed by atoms with E-state index in [1.54, 1.807) is 0 Å². The number of aromatic amines is 1. The highest BCUT2D eigenvalue weighted by Gasteiger charge is 2.22. The molecule has 3 rings (SSSR count). The van der Waals surface area contributed by atoms with E-state index in [1.807, 2.05) is 5.32 Å². The summed E-state index contributed by atoms with van der Waals surface area (Å²) in [5.74, 6) is 0. The van der Waals surface area contributed by atoms with Crippen molar-refractivity contribution >= 4 is 17.0 Å². The summed E-state index contributed by atoms with van der Waals surface area (Å²) in [5, 5.41) is 1.84. The molecule has 0 saturated carbocycles. The molecule has 112 valence electrons. The number of nitrogens with zero attached hydrogens (tertiary/aromatic N) is 1. The third-order valence-electron chi connectivity index (χ3n) is 2.91. The Labute approximate surface area is 142 Å². The second-order valence-corrected chi connectivity index (χ2v) is 4.43. The lowest BCUT2D eigenvalue weighted by molar-refractivity contribution is 0.177. The standard InChI is InChI=1S/C16H21N3O2/c1-19(2)6-5-12-9-17-15-4-3-11(8-14(12)15)7-13-10-21-16(20)18-13/h3-4,8-9,13,17H,5-7,10H2,1-2H3,(H,18,20)/t13-/m0/s1/i1D3,2D3,3D,4D,7D2,8D,9D,13D. The number of hydrogen-bond acceptors (Lipinski definition) is 3. The van der Waals surface area contributed by atoms with Gasteiger partial charge in [0, 0.05) is 34.6 Å². The van der Waals surface area contributed by atoms with E-state index in [1.165, 1.54) is 0 Å². The van der Waals surface area contributed by atoms with Crippen LogP contribution in [0.3, 0.4) is 0 Å². The lowest BCUT2D eigenvalue weighted by Gasteiger charge is -2.09. The number of likely N-dealkylation sites (N-methyl/N-ethyl adjacent to an activating group) is 1. The zero-order chi connectivity index (χ0) is 26.0. The molecule has 0 unspecified atom stereocenters. The smallest absolute Gasteiger partial charge is 0.407 e. The Morgan fingerprint density at radius 1 is 1.62 bits per heavy atom. The number of H-pyrrole nitrogens is 1. The lowest BCUT2D eigenvalue weighted by atomic mass is 10.0. The quantitative estimate of drug-likeness (QED) is 0.887. The molecule has 2 N–H and O–H groups in total. The molecule has 1 aliphatic rings. The number of fused-ring (bicyclic) bond motifs is 1. The number of nitrogens with one attached hydrogen (secondary N) is 2. The number of carbonyl (C=O) groups is 1. The lowest BCUT2D eigenvalue weighted by Crippen LogP contribution is -2.28. The van der Waals surface area contributed by atoms with Crippen LogP contribution in [0, 0.1) is 0 Å². The van der Waals surface area contributed by atoms with Gasteiger partial charge in [0.1, 0.15) is 6.61 Å². The van der Waals surface area contributed by atoms with Gasteiger partial charge in [-0.2, -0.15) is 0 Å². The second-order valence-electron chi connectivity index (χ2n) is 4.43. The van der Waals surface area contributed by atoms with E-state index in [2.05, 4.69) is 9.72 Å². The van der Waals surface area contributed by atoms with Crippen LogP contribution in [-0.2, 0) is 17.5 Å². The molecule has 5 heteroatoms. The molecule has 5 nitrogen and oxygen atoms in total. The number of carbonyl (C=O) groups excluding carboxylic acids is 1. The third-order valence-corrected chi connectivity index (χ3v) is 2.91. The Morgan fingerprint density at radius 2 is 2.52 bits per heavy atom. The molecule has 0 spiro atoms. The van der Waals surface area contributed by atoms with Gasteiger partial charge < -0.3 is 19.9 Å². The number of rotatable bonds is 5. The van der Waals surface area contributed by atoms with E-state index in [0.717, 1.165) is 0 Å². The van der Waals surface area contributed by atoms with E-state index >= 15 is 0 Å². The number of benzene rings is 1. The zero-order valence-electron chi connectivity index (χ0n) is 23.9. The summed E-state index contributed by atoms with van der Waals surface area (Å²) in [7, 11) is 0. The van der Waals surface area contributed by atoms with Crippen molar-refractivity contribution in [1.29, 1.82) is 0 Å². The SMILES string of the molecule is [2H]c1[nH]c2c([2H])c([2H])c(C([2H])([2H])[C@@]3([2H])COC(=O)N3)c([2H])c2c1CCN(C([2H])([2H])[2H])C([2H])([2H])[2H]. The maximum absolute atomic E-state index is 11.5. The van der Waals surface area contributed by atoms with Crippen LogP contribution in [-0.4, -0.2) is 49.1 Å². The topological polar surface area (TPSA) is 57.4 Å². The fraction of sp³-hybridized carbons (Fsp3) is 0.438. The molecule has 1 aliphatic heterocycles. The average Bonchev–Trinajstić information content (AvgIpc) is 3.18. The first-order valence-corrected chi connectivity index (χ1v) is 6.17. The summed E-state index contributed by atoms with van der Waals surface area (Å²) >= 11 is 0. The minimum atomic E-state index is -2.99. The number of aromatic nitrogens is 1. The van der Waals surface area contributed by atoms with Crippen molar-refractivity contribution in [2.45, 2.75) is 18.8 Å². The van der Waals surface area contributed by atoms with E-state index in [0.29, 0.717) is 0 Å². The van der Waals surface area contributed by atoms with Gasteiger partial charge in [0.05, 0.1) is 12.9 Å². The minimum absolute atomic E-state index is 0.0465. The van der Waals surface area contributed by atoms with Crippen molar-refractivity contribution in [3.8, 4) is 0 Å². The molecule has 21 heavy (non-hydrogen) atoms. The summed E-state index contributed by atoms with van der Waals surface area (Å²) in [6.07, 6.45) is -4.65. The predicted octanol–water partition coefficient (Wildman–Crippen LogP) is 1.92. The van der Waals surface area contributed by atoms with Crippen molar-refractivity contribution in [2.75, 3.05) is 27.1 Å². The van der Waals surface area contributed by atoms with Crippen LogP contribution in [0.1, 0.15) is 28.9 Å². The van der Waals surface area contributed by atoms with Gasteiger partial charge in [0.2, 0.25) is 0 Å². The predicted molar refractivity (Wildman–Crippen MR) is 82.5 cm³/mol. The van der Waals surface area contributed by atoms with Gasteiger partial charge >= 0.3 is 6.09 Å². The molecule has 0 bridgehead atoms. The number of amides is 1. The molecule has 1 saturated heterocycles. The Bertz CT molecular complexity index is 1130. The van der Waals surface area contributed by atoms with E-state index < -0.39 is 69.3 Å². The number of ether oxygens (including phenoxy) is 1. The molecular weight excluding hydrogens is 266 g/mol. The summed E-state index contributed by atoms with van der Waals surface area (Å²) in [4.78, 5) is 14.3. The van der Waals surface area contributed by atoms with Gasteiger partial charge in [-0.3, -0.25) is 0 Å². The molecule has 1 aromatic heterocycles. The van der Waals surface area contributed by atoms with E-state index in [-0.39, 0.29) is 34.0 Å². The van der Waals surface area contributed by atoms with Crippen LogP contribution in [0.25, 0.3) is 10.9 Å². The van der Waals surface area contributed by atoms with Crippen molar-refractivity contribution in [1.82, 2.24) is 15.2 Å². The Kier molecular flexibility index (Phi) is 1.46. The molecule has 2 aromatic rings. The first-order valence-electron chi connectivity index (χ1n) is 12.7. The van der Waals surface area contributed by atoms with Gasteiger partial charge in [0.25, 0.3) is 0 Å². The monoisotopic (exact) mass is 300 g/mol. The van der Waals surface area contributed by atoms with Crippen molar-refractivity contribution in [2.24, 2.45) is 0 Å². The Morgan fingerprint density at radius 3 is 3.29 bits per heavy atom. The second kappa shape index (κ2) is 5.77. The molecule has 1 atom stereocenters. The average molecular weight is 300 g/mol. The van der Waals surface area contributed by atoms with E-state index in [4.69, 9.17) is 17.8 Å². The molecule has 1 aromatic carbocycles. The van der Waals surface area contributed by atoms with Crippen LogP contribution in [0.5, 0.6) is 0 Å².